The zero-order valence-electron chi connectivity index (χ0n) is 14.0. The third-order valence-electron chi connectivity index (χ3n) is 4.05. The van der Waals surface area contributed by atoms with Gasteiger partial charge in [0.05, 0.1) is 6.42 Å². The lowest BCUT2D eigenvalue weighted by Gasteiger charge is -2.20. The molecule has 0 spiro atoms. The van der Waals surface area contributed by atoms with Crippen LogP contribution in [0.15, 0.2) is 54.7 Å². The van der Waals surface area contributed by atoms with Gasteiger partial charge in [0.25, 0.3) is 0 Å². The molecule has 1 N–H and O–H groups in total. The molecule has 0 aliphatic carbocycles. The van der Waals surface area contributed by atoms with E-state index < -0.39 is 6.36 Å². The van der Waals surface area contributed by atoms with Gasteiger partial charge in [-0.1, -0.05) is 36.4 Å². The average Bonchev–Trinajstić information content (AvgIpc) is 2.98. The third kappa shape index (κ3) is 4.17. The molecule has 0 fully saturated rings. The van der Waals surface area contributed by atoms with Crippen LogP contribution < -0.4 is 4.74 Å². The Kier molecular flexibility index (Phi) is 4.88. The zero-order valence-corrected chi connectivity index (χ0v) is 14.0. The topological polar surface area (TPSA) is 45.3 Å². The number of ether oxygens (including phenoxy) is 1. The molecule has 3 aromatic rings. The van der Waals surface area contributed by atoms with Gasteiger partial charge in [-0.2, -0.15) is 0 Å². The van der Waals surface area contributed by atoms with Crippen LogP contribution in [0.3, 0.4) is 0 Å². The number of hydrogen-bond acceptors (Lipinski definition) is 2. The van der Waals surface area contributed by atoms with Gasteiger partial charge in [0, 0.05) is 36.3 Å². The Morgan fingerprint density at radius 1 is 1.08 bits per heavy atom. The van der Waals surface area contributed by atoms with Crippen LogP contribution in [0.1, 0.15) is 11.1 Å². The minimum Gasteiger partial charge on any atom is -0.405 e. The molecule has 0 atom stereocenters. The van der Waals surface area contributed by atoms with Crippen LogP contribution in [-0.2, 0) is 17.8 Å². The monoisotopic (exact) mass is 362 g/mol. The van der Waals surface area contributed by atoms with Crippen LogP contribution in [0.5, 0.6) is 5.75 Å². The van der Waals surface area contributed by atoms with E-state index in [1.165, 1.54) is 23.1 Å². The van der Waals surface area contributed by atoms with Gasteiger partial charge in [0.2, 0.25) is 5.91 Å². The van der Waals surface area contributed by atoms with Crippen molar-refractivity contribution < 1.29 is 22.7 Å². The standard InChI is InChI=1S/C19H17F3N2O2/c1-24(12-13-6-2-5-9-17(13)26-19(20,21)22)18(25)10-14-11-23-16-8-4-3-7-15(14)16/h2-9,11,23H,10,12H2,1H3. The maximum absolute atomic E-state index is 12.5. The number of alkyl halides is 3. The number of H-pyrrole nitrogens is 1. The minimum atomic E-state index is -4.78. The number of amides is 1. The highest BCUT2D eigenvalue weighted by atomic mass is 19.4. The Bertz CT molecular complexity index is 918. The smallest absolute Gasteiger partial charge is 0.405 e. The summed E-state index contributed by atoms with van der Waals surface area (Å²) in [6, 6.07) is 13.4. The molecule has 0 bridgehead atoms. The molecule has 1 aromatic heterocycles. The van der Waals surface area contributed by atoms with Crippen molar-refractivity contribution in [2.75, 3.05) is 7.05 Å². The SMILES string of the molecule is CN(Cc1ccccc1OC(F)(F)F)C(=O)Cc1c[nH]c2ccccc12. The number of para-hydroxylation sites is 2. The fourth-order valence-electron chi connectivity index (χ4n) is 2.78. The van der Waals surface area contributed by atoms with Gasteiger partial charge in [-0.05, 0) is 17.7 Å². The molecule has 2 aromatic carbocycles. The van der Waals surface area contributed by atoms with Gasteiger partial charge in [-0.25, -0.2) is 0 Å². The molecule has 26 heavy (non-hydrogen) atoms. The lowest BCUT2D eigenvalue weighted by Crippen LogP contribution is -2.28. The normalized spacial score (nSPS) is 11.5. The molecular formula is C19H17F3N2O2. The third-order valence-corrected chi connectivity index (χ3v) is 4.05. The first-order valence-electron chi connectivity index (χ1n) is 7.96. The highest BCUT2D eigenvalue weighted by molar-refractivity contribution is 5.88. The fraction of sp³-hybridized carbons (Fsp3) is 0.211. The molecule has 3 rings (SSSR count). The van der Waals surface area contributed by atoms with Gasteiger partial charge in [0.1, 0.15) is 5.75 Å². The first-order chi connectivity index (χ1) is 12.3. The highest BCUT2D eigenvalue weighted by Crippen LogP contribution is 2.27. The summed E-state index contributed by atoms with van der Waals surface area (Å²) in [6.45, 7) is 0.0213. The second-order valence-electron chi connectivity index (χ2n) is 5.94. The van der Waals surface area contributed by atoms with Crippen molar-refractivity contribution in [2.45, 2.75) is 19.3 Å². The van der Waals surface area contributed by atoms with E-state index in [-0.39, 0.29) is 24.6 Å². The Morgan fingerprint density at radius 3 is 2.54 bits per heavy atom. The summed E-state index contributed by atoms with van der Waals surface area (Å²) >= 11 is 0. The van der Waals surface area contributed by atoms with Crippen LogP contribution >= 0.6 is 0 Å². The summed E-state index contributed by atoms with van der Waals surface area (Å²) in [4.78, 5) is 17.0. The van der Waals surface area contributed by atoms with Gasteiger partial charge in [-0.3, -0.25) is 4.79 Å². The van der Waals surface area contributed by atoms with Crippen LogP contribution in [-0.4, -0.2) is 29.2 Å². The molecule has 0 aliphatic rings. The van der Waals surface area contributed by atoms with E-state index in [2.05, 4.69) is 9.72 Å². The molecule has 0 saturated heterocycles. The van der Waals surface area contributed by atoms with Crippen molar-refractivity contribution in [3.05, 3.63) is 65.9 Å². The second-order valence-corrected chi connectivity index (χ2v) is 5.94. The molecular weight excluding hydrogens is 345 g/mol. The van der Waals surface area contributed by atoms with Gasteiger partial charge in [-0.15, -0.1) is 13.2 Å². The molecule has 7 heteroatoms. The number of likely N-dealkylation sites (N-methyl/N-ethyl adjacent to an activating group) is 1. The van der Waals surface area contributed by atoms with Crippen molar-refractivity contribution in [2.24, 2.45) is 0 Å². The Morgan fingerprint density at radius 2 is 1.77 bits per heavy atom. The van der Waals surface area contributed by atoms with Crippen LogP contribution in [0.2, 0.25) is 0 Å². The number of carbonyl (C=O) groups is 1. The number of aromatic nitrogens is 1. The van der Waals surface area contributed by atoms with E-state index in [1.54, 1.807) is 19.3 Å². The largest absolute Gasteiger partial charge is 0.573 e. The van der Waals surface area contributed by atoms with E-state index in [4.69, 9.17) is 0 Å². The summed E-state index contributed by atoms with van der Waals surface area (Å²) in [6.07, 6.45) is -2.84. The predicted octanol–water partition coefficient (Wildman–Crippen LogP) is 4.27. The highest BCUT2D eigenvalue weighted by Gasteiger charge is 2.32. The maximum atomic E-state index is 12.5. The molecule has 136 valence electrons. The first kappa shape index (κ1) is 17.8. The minimum absolute atomic E-state index is 0.0213. The van der Waals surface area contributed by atoms with Gasteiger partial charge >= 0.3 is 6.36 Å². The number of fused-ring (bicyclic) bond motifs is 1. The Hall–Kier alpha value is -2.96. The lowest BCUT2D eigenvalue weighted by molar-refractivity contribution is -0.275. The first-order valence-corrected chi connectivity index (χ1v) is 7.96. The summed E-state index contributed by atoms with van der Waals surface area (Å²) in [7, 11) is 1.56. The zero-order chi connectivity index (χ0) is 18.7. The van der Waals surface area contributed by atoms with E-state index in [1.807, 2.05) is 24.3 Å². The number of benzene rings is 2. The Labute approximate surface area is 148 Å². The molecule has 0 unspecified atom stereocenters. The molecule has 1 amide bonds. The van der Waals surface area contributed by atoms with Crippen LogP contribution in [0, 0.1) is 0 Å². The van der Waals surface area contributed by atoms with Crippen molar-refractivity contribution in [1.29, 1.82) is 0 Å². The number of halogens is 3. The van der Waals surface area contributed by atoms with Crippen molar-refractivity contribution in [3.63, 3.8) is 0 Å². The molecule has 1 heterocycles. The van der Waals surface area contributed by atoms with Crippen molar-refractivity contribution in [3.8, 4) is 5.75 Å². The van der Waals surface area contributed by atoms with E-state index >= 15 is 0 Å². The van der Waals surface area contributed by atoms with E-state index in [0.29, 0.717) is 5.56 Å². The average molecular weight is 362 g/mol. The number of nitrogens with zero attached hydrogens (tertiary/aromatic N) is 1. The molecule has 0 radical (unpaired) electrons. The number of hydrogen-bond donors (Lipinski definition) is 1. The summed E-state index contributed by atoms with van der Waals surface area (Å²) in [5.41, 5.74) is 2.07. The Balaban J connectivity index is 1.72. The van der Waals surface area contributed by atoms with Crippen molar-refractivity contribution >= 4 is 16.8 Å². The predicted molar refractivity (Wildman–Crippen MR) is 91.6 cm³/mol. The van der Waals surface area contributed by atoms with Gasteiger partial charge < -0.3 is 14.6 Å². The number of rotatable bonds is 5. The number of nitrogens with one attached hydrogen (secondary N) is 1. The lowest BCUT2D eigenvalue weighted by atomic mass is 10.1. The van der Waals surface area contributed by atoms with Crippen LogP contribution in [0.25, 0.3) is 10.9 Å². The number of carbonyl (C=O) groups excluding carboxylic acids is 1. The van der Waals surface area contributed by atoms with Crippen LogP contribution in [0.4, 0.5) is 13.2 Å². The molecule has 4 nitrogen and oxygen atoms in total. The van der Waals surface area contributed by atoms with E-state index in [0.717, 1.165) is 16.5 Å². The molecule has 0 aliphatic heterocycles. The van der Waals surface area contributed by atoms with Crippen molar-refractivity contribution in [1.82, 2.24) is 9.88 Å². The quantitative estimate of drug-likeness (QED) is 0.737. The van der Waals surface area contributed by atoms with E-state index in [9.17, 15) is 18.0 Å². The second kappa shape index (κ2) is 7.11. The number of aromatic amines is 1. The summed E-state index contributed by atoms with van der Waals surface area (Å²) in [5, 5.41) is 0.954. The fourth-order valence-corrected chi connectivity index (χ4v) is 2.78. The maximum Gasteiger partial charge on any atom is 0.573 e. The van der Waals surface area contributed by atoms with Gasteiger partial charge in [0.15, 0.2) is 0 Å². The molecule has 0 saturated carbocycles. The summed E-state index contributed by atoms with van der Waals surface area (Å²) in [5.74, 6) is -0.497. The summed E-state index contributed by atoms with van der Waals surface area (Å²) < 4.78 is 41.6.